The first kappa shape index (κ1) is 11.0. The van der Waals surface area contributed by atoms with Crippen LogP contribution >= 0.6 is 0 Å². The second kappa shape index (κ2) is 4.56. The molecule has 1 aromatic rings. The zero-order valence-electron chi connectivity index (χ0n) is 9.75. The summed E-state index contributed by atoms with van der Waals surface area (Å²) < 4.78 is 5.72. The summed E-state index contributed by atoms with van der Waals surface area (Å²) in [5, 5.41) is 2.63. The summed E-state index contributed by atoms with van der Waals surface area (Å²) in [5.74, 6) is 0.761. The fraction of sp³-hybridized carbons (Fsp3) is 0.462. The zero-order chi connectivity index (χ0) is 11.5. The van der Waals surface area contributed by atoms with Crippen LogP contribution in [0.25, 0.3) is 0 Å². The van der Waals surface area contributed by atoms with E-state index in [-0.39, 0.29) is 5.91 Å². The van der Waals surface area contributed by atoms with Gasteiger partial charge in [-0.15, -0.1) is 0 Å². The molecule has 0 aliphatic heterocycles. The lowest BCUT2D eigenvalue weighted by atomic mass is 10.1. The molecule has 1 amide bonds. The zero-order valence-corrected chi connectivity index (χ0v) is 9.75. The standard InChI is InChI=1S/C13H17NO2/c1-3-9-6-10(13(15)14-2)8-12(7-9)16-11-4-5-11/h6-8,11H,3-5H2,1-2H3,(H,14,15). The molecule has 86 valence electrons. The largest absolute Gasteiger partial charge is 0.490 e. The van der Waals surface area contributed by atoms with Crippen molar-refractivity contribution in [1.82, 2.24) is 5.32 Å². The Morgan fingerprint density at radius 3 is 2.75 bits per heavy atom. The molecule has 3 heteroatoms. The van der Waals surface area contributed by atoms with Crippen LogP contribution in [-0.2, 0) is 6.42 Å². The number of nitrogens with one attached hydrogen (secondary N) is 1. The topological polar surface area (TPSA) is 38.3 Å². The summed E-state index contributed by atoms with van der Waals surface area (Å²) in [6.45, 7) is 2.07. The van der Waals surface area contributed by atoms with Crippen LogP contribution in [0.2, 0.25) is 0 Å². The van der Waals surface area contributed by atoms with Crippen LogP contribution in [0, 0.1) is 0 Å². The number of hydrogen-bond acceptors (Lipinski definition) is 2. The highest BCUT2D eigenvalue weighted by Gasteiger charge is 2.23. The molecule has 1 saturated carbocycles. The van der Waals surface area contributed by atoms with Gasteiger partial charge in [0.05, 0.1) is 6.10 Å². The Morgan fingerprint density at radius 1 is 1.44 bits per heavy atom. The van der Waals surface area contributed by atoms with Crippen LogP contribution in [0.15, 0.2) is 18.2 Å². The Bertz CT molecular complexity index is 397. The summed E-state index contributed by atoms with van der Waals surface area (Å²) in [5.41, 5.74) is 1.81. The average molecular weight is 219 g/mol. The molecule has 0 heterocycles. The lowest BCUT2D eigenvalue weighted by Crippen LogP contribution is -2.18. The smallest absolute Gasteiger partial charge is 0.251 e. The maximum atomic E-state index is 11.6. The fourth-order valence-electron chi connectivity index (χ4n) is 1.59. The second-order valence-corrected chi connectivity index (χ2v) is 4.12. The summed E-state index contributed by atoms with van der Waals surface area (Å²) in [4.78, 5) is 11.6. The number of benzene rings is 1. The van der Waals surface area contributed by atoms with Crippen molar-refractivity contribution in [2.45, 2.75) is 32.3 Å². The van der Waals surface area contributed by atoms with E-state index >= 15 is 0 Å². The van der Waals surface area contributed by atoms with Gasteiger partial charge in [-0.1, -0.05) is 6.92 Å². The van der Waals surface area contributed by atoms with E-state index < -0.39 is 0 Å². The fourth-order valence-corrected chi connectivity index (χ4v) is 1.59. The van der Waals surface area contributed by atoms with Gasteiger partial charge in [0.1, 0.15) is 5.75 Å². The van der Waals surface area contributed by atoms with Crippen molar-refractivity contribution in [2.24, 2.45) is 0 Å². The van der Waals surface area contributed by atoms with Gasteiger partial charge in [-0.25, -0.2) is 0 Å². The van der Waals surface area contributed by atoms with E-state index in [2.05, 4.69) is 12.2 Å². The van der Waals surface area contributed by atoms with Crippen LogP contribution in [0.4, 0.5) is 0 Å². The highest BCUT2D eigenvalue weighted by atomic mass is 16.5. The first-order valence-electron chi connectivity index (χ1n) is 5.75. The number of hydrogen-bond donors (Lipinski definition) is 1. The SMILES string of the molecule is CCc1cc(OC2CC2)cc(C(=O)NC)c1. The molecule has 0 aromatic heterocycles. The van der Waals surface area contributed by atoms with Crippen molar-refractivity contribution in [3.8, 4) is 5.75 Å². The first-order chi connectivity index (χ1) is 7.72. The molecule has 1 fully saturated rings. The van der Waals surface area contributed by atoms with Gasteiger partial charge in [0.15, 0.2) is 0 Å². The lowest BCUT2D eigenvalue weighted by Gasteiger charge is -2.09. The van der Waals surface area contributed by atoms with Gasteiger partial charge in [-0.3, -0.25) is 4.79 Å². The van der Waals surface area contributed by atoms with Crippen molar-refractivity contribution in [3.63, 3.8) is 0 Å². The molecular weight excluding hydrogens is 202 g/mol. The van der Waals surface area contributed by atoms with Crippen molar-refractivity contribution in [1.29, 1.82) is 0 Å². The van der Waals surface area contributed by atoms with Gasteiger partial charge in [0.2, 0.25) is 0 Å². The third kappa shape index (κ3) is 2.54. The van der Waals surface area contributed by atoms with E-state index in [0.717, 1.165) is 30.6 Å². The summed E-state index contributed by atoms with van der Waals surface area (Å²) in [6.07, 6.45) is 3.54. The van der Waals surface area contributed by atoms with Gasteiger partial charge in [-0.05, 0) is 43.0 Å². The Hall–Kier alpha value is -1.51. The Balaban J connectivity index is 2.25. The normalized spacial score (nSPS) is 14.6. The highest BCUT2D eigenvalue weighted by molar-refractivity contribution is 5.94. The first-order valence-corrected chi connectivity index (χ1v) is 5.75. The number of carbonyl (C=O) groups excluding carboxylic acids is 1. The number of amides is 1. The van der Waals surface area contributed by atoms with Gasteiger partial charge in [0, 0.05) is 12.6 Å². The maximum absolute atomic E-state index is 11.6. The van der Waals surface area contributed by atoms with Crippen LogP contribution in [0.3, 0.4) is 0 Å². The number of rotatable bonds is 4. The number of aryl methyl sites for hydroxylation is 1. The van der Waals surface area contributed by atoms with E-state index in [1.807, 2.05) is 18.2 Å². The van der Waals surface area contributed by atoms with E-state index in [0.29, 0.717) is 11.7 Å². The monoisotopic (exact) mass is 219 g/mol. The summed E-state index contributed by atoms with van der Waals surface area (Å²) in [7, 11) is 1.64. The van der Waals surface area contributed by atoms with E-state index in [9.17, 15) is 4.79 Å². The van der Waals surface area contributed by atoms with E-state index in [1.165, 1.54) is 0 Å². The van der Waals surface area contributed by atoms with Gasteiger partial charge in [0.25, 0.3) is 5.91 Å². The second-order valence-electron chi connectivity index (χ2n) is 4.12. The predicted molar refractivity (Wildman–Crippen MR) is 62.9 cm³/mol. The maximum Gasteiger partial charge on any atom is 0.251 e. The average Bonchev–Trinajstić information content (AvgIpc) is 3.11. The third-order valence-corrected chi connectivity index (χ3v) is 2.69. The Labute approximate surface area is 95.8 Å². The van der Waals surface area contributed by atoms with Gasteiger partial charge in [-0.2, -0.15) is 0 Å². The van der Waals surface area contributed by atoms with Crippen LogP contribution in [0.5, 0.6) is 5.75 Å². The molecule has 1 aliphatic carbocycles. The minimum atomic E-state index is -0.0593. The molecule has 1 aliphatic rings. The third-order valence-electron chi connectivity index (χ3n) is 2.69. The molecule has 0 saturated heterocycles. The molecule has 1 N–H and O–H groups in total. The minimum absolute atomic E-state index is 0.0593. The molecule has 0 bridgehead atoms. The molecule has 0 radical (unpaired) electrons. The molecule has 2 rings (SSSR count). The molecule has 3 nitrogen and oxygen atoms in total. The lowest BCUT2D eigenvalue weighted by molar-refractivity contribution is 0.0962. The molecular formula is C13H17NO2. The Kier molecular flexibility index (Phi) is 3.13. The molecule has 0 unspecified atom stereocenters. The number of ether oxygens (including phenoxy) is 1. The van der Waals surface area contributed by atoms with Crippen molar-refractivity contribution in [3.05, 3.63) is 29.3 Å². The Morgan fingerprint density at radius 2 is 2.19 bits per heavy atom. The van der Waals surface area contributed by atoms with Gasteiger partial charge < -0.3 is 10.1 Å². The quantitative estimate of drug-likeness (QED) is 0.842. The van der Waals surface area contributed by atoms with Crippen LogP contribution in [0.1, 0.15) is 35.7 Å². The van der Waals surface area contributed by atoms with Crippen LogP contribution in [-0.4, -0.2) is 19.1 Å². The highest BCUT2D eigenvalue weighted by Crippen LogP contribution is 2.28. The van der Waals surface area contributed by atoms with Crippen molar-refractivity contribution < 1.29 is 9.53 Å². The molecule has 0 atom stereocenters. The molecule has 0 spiro atoms. The van der Waals surface area contributed by atoms with E-state index in [1.54, 1.807) is 7.05 Å². The molecule has 1 aromatic carbocycles. The summed E-state index contributed by atoms with van der Waals surface area (Å²) in [6, 6.07) is 5.75. The number of carbonyl (C=O) groups is 1. The van der Waals surface area contributed by atoms with Gasteiger partial charge >= 0.3 is 0 Å². The predicted octanol–water partition coefficient (Wildman–Crippen LogP) is 2.15. The van der Waals surface area contributed by atoms with E-state index in [4.69, 9.17) is 4.74 Å². The summed E-state index contributed by atoms with van der Waals surface area (Å²) >= 11 is 0. The van der Waals surface area contributed by atoms with Crippen molar-refractivity contribution in [2.75, 3.05) is 7.05 Å². The van der Waals surface area contributed by atoms with Crippen molar-refractivity contribution >= 4 is 5.91 Å². The molecule has 16 heavy (non-hydrogen) atoms. The minimum Gasteiger partial charge on any atom is -0.490 e. The van der Waals surface area contributed by atoms with Crippen LogP contribution < -0.4 is 10.1 Å².